The molecule has 0 amide bonds. The van der Waals surface area contributed by atoms with Crippen molar-refractivity contribution < 1.29 is 4.74 Å². The van der Waals surface area contributed by atoms with Crippen molar-refractivity contribution in [1.29, 1.82) is 0 Å². The van der Waals surface area contributed by atoms with Crippen LogP contribution < -0.4 is 4.74 Å². The molecule has 2 heterocycles. The van der Waals surface area contributed by atoms with Gasteiger partial charge in [-0.3, -0.25) is 0 Å². The molecule has 0 radical (unpaired) electrons. The van der Waals surface area contributed by atoms with Crippen LogP contribution in [0.4, 0.5) is 0 Å². The van der Waals surface area contributed by atoms with Crippen LogP contribution in [0.3, 0.4) is 0 Å². The SMILES string of the molecule is CCc1cc(OC)c2nccn2c1. The topological polar surface area (TPSA) is 26.5 Å². The minimum atomic E-state index is 0.837. The zero-order valence-corrected chi connectivity index (χ0v) is 7.82. The first-order valence-corrected chi connectivity index (χ1v) is 4.34. The Morgan fingerprint density at radius 3 is 3.08 bits per heavy atom. The lowest BCUT2D eigenvalue weighted by Crippen LogP contribution is -1.93. The molecule has 3 nitrogen and oxygen atoms in total. The van der Waals surface area contributed by atoms with Crippen LogP contribution in [-0.4, -0.2) is 16.5 Å². The number of imidazole rings is 1. The van der Waals surface area contributed by atoms with Gasteiger partial charge in [0.2, 0.25) is 0 Å². The monoisotopic (exact) mass is 176 g/mol. The maximum Gasteiger partial charge on any atom is 0.179 e. The minimum absolute atomic E-state index is 0.837. The largest absolute Gasteiger partial charge is 0.493 e. The second-order valence-corrected chi connectivity index (χ2v) is 2.93. The minimum Gasteiger partial charge on any atom is -0.493 e. The van der Waals surface area contributed by atoms with Gasteiger partial charge in [0, 0.05) is 18.6 Å². The number of ether oxygens (including phenoxy) is 1. The van der Waals surface area contributed by atoms with E-state index < -0.39 is 0 Å². The van der Waals surface area contributed by atoms with Crippen LogP contribution in [0.5, 0.6) is 5.75 Å². The number of aromatic nitrogens is 2. The van der Waals surface area contributed by atoms with Gasteiger partial charge in [0.15, 0.2) is 11.4 Å². The molecule has 0 aliphatic heterocycles. The zero-order chi connectivity index (χ0) is 9.26. The van der Waals surface area contributed by atoms with Gasteiger partial charge in [0.25, 0.3) is 0 Å². The standard InChI is InChI=1S/C10H12N2O/c1-3-8-6-9(13-2)10-11-4-5-12(10)7-8/h4-7H,3H2,1-2H3. The van der Waals surface area contributed by atoms with Gasteiger partial charge < -0.3 is 9.14 Å². The van der Waals surface area contributed by atoms with Gasteiger partial charge in [-0.25, -0.2) is 4.98 Å². The highest BCUT2D eigenvalue weighted by Gasteiger charge is 2.03. The molecular formula is C10H12N2O. The van der Waals surface area contributed by atoms with Gasteiger partial charge in [0.05, 0.1) is 7.11 Å². The number of hydrogen-bond donors (Lipinski definition) is 0. The Labute approximate surface area is 77.0 Å². The van der Waals surface area contributed by atoms with Crippen molar-refractivity contribution in [3.8, 4) is 5.75 Å². The maximum atomic E-state index is 5.24. The number of nitrogens with zero attached hydrogens (tertiary/aromatic N) is 2. The molecule has 2 aromatic heterocycles. The molecule has 0 unspecified atom stereocenters. The summed E-state index contributed by atoms with van der Waals surface area (Å²) in [5.74, 6) is 0.837. The van der Waals surface area contributed by atoms with E-state index in [-0.39, 0.29) is 0 Å². The van der Waals surface area contributed by atoms with Crippen LogP contribution in [0.15, 0.2) is 24.7 Å². The van der Waals surface area contributed by atoms with Gasteiger partial charge in [0.1, 0.15) is 0 Å². The first-order chi connectivity index (χ1) is 6.35. The van der Waals surface area contributed by atoms with Crippen LogP contribution in [0.2, 0.25) is 0 Å². The molecule has 0 aromatic carbocycles. The van der Waals surface area contributed by atoms with E-state index in [4.69, 9.17) is 4.74 Å². The van der Waals surface area contributed by atoms with Crippen molar-refractivity contribution in [2.45, 2.75) is 13.3 Å². The van der Waals surface area contributed by atoms with Gasteiger partial charge in [-0.15, -0.1) is 0 Å². The van der Waals surface area contributed by atoms with Gasteiger partial charge in [-0.05, 0) is 18.1 Å². The predicted octanol–water partition coefficient (Wildman–Crippen LogP) is 1.91. The number of aryl methyl sites for hydroxylation is 1. The summed E-state index contributed by atoms with van der Waals surface area (Å²) in [6.45, 7) is 2.12. The van der Waals surface area contributed by atoms with E-state index in [1.165, 1.54) is 5.56 Å². The smallest absolute Gasteiger partial charge is 0.179 e. The van der Waals surface area contributed by atoms with E-state index >= 15 is 0 Å². The molecule has 2 rings (SSSR count). The summed E-state index contributed by atoms with van der Waals surface area (Å²) in [4.78, 5) is 4.20. The Hall–Kier alpha value is -1.51. The van der Waals surface area contributed by atoms with Crippen LogP contribution in [-0.2, 0) is 6.42 Å². The molecule has 2 aromatic rings. The van der Waals surface area contributed by atoms with Crippen molar-refractivity contribution in [2.75, 3.05) is 7.11 Å². The summed E-state index contributed by atoms with van der Waals surface area (Å²) in [5.41, 5.74) is 2.13. The molecular weight excluding hydrogens is 164 g/mol. The molecule has 0 saturated carbocycles. The van der Waals surface area contributed by atoms with E-state index in [9.17, 15) is 0 Å². The van der Waals surface area contributed by atoms with E-state index in [0.29, 0.717) is 0 Å². The molecule has 0 spiro atoms. The zero-order valence-electron chi connectivity index (χ0n) is 7.82. The van der Waals surface area contributed by atoms with E-state index in [2.05, 4.69) is 18.1 Å². The quantitative estimate of drug-likeness (QED) is 0.698. The summed E-state index contributed by atoms with van der Waals surface area (Å²) < 4.78 is 7.23. The average molecular weight is 176 g/mol. The second-order valence-electron chi connectivity index (χ2n) is 2.93. The van der Waals surface area contributed by atoms with E-state index in [1.807, 2.05) is 16.7 Å². The fourth-order valence-electron chi connectivity index (χ4n) is 1.40. The average Bonchev–Trinajstić information content (AvgIpc) is 2.63. The molecule has 68 valence electrons. The molecule has 0 bridgehead atoms. The third-order valence-electron chi connectivity index (χ3n) is 2.14. The first kappa shape index (κ1) is 8.10. The first-order valence-electron chi connectivity index (χ1n) is 4.34. The molecule has 0 aliphatic rings. The lowest BCUT2D eigenvalue weighted by Gasteiger charge is -2.04. The van der Waals surface area contributed by atoms with Crippen molar-refractivity contribution in [1.82, 2.24) is 9.38 Å². The predicted molar refractivity (Wildman–Crippen MR) is 51.1 cm³/mol. The Kier molecular flexibility index (Phi) is 1.93. The highest BCUT2D eigenvalue weighted by molar-refractivity contribution is 5.54. The summed E-state index contributed by atoms with van der Waals surface area (Å²) in [6, 6.07) is 2.03. The maximum absolute atomic E-state index is 5.24. The fourth-order valence-corrected chi connectivity index (χ4v) is 1.40. The number of hydrogen-bond acceptors (Lipinski definition) is 2. The van der Waals surface area contributed by atoms with Crippen LogP contribution in [0.25, 0.3) is 5.65 Å². The van der Waals surface area contributed by atoms with Crippen molar-refractivity contribution >= 4 is 5.65 Å². The highest BCUT2D eigenvalue weighted by Crippen LogP contribution is 2.19. The van der Waals surface area contributed by atoms with Crippen LogP contribution in [0, 0.1) is 0 Å². The summed E-state index contributed by atoms with van der Waals surface area (Å²) in [6.07, 6.45) is 6.78. The Bertz CT molecular complexity index is 420. The highest BCUT2D eigenvalue weighted by atomic mass is 16.5. The fraction of sp³-hybridized carbons (Fsp3) is 0.300. The number of fused-ring (bicyclic) bond motifs is 1. The molecule has 13 heavy (non-hydrogen) atoms. The van der Waals surface area contributed by atoms with Gasteiger partial charge in [-0.2, -0.15) is 0 Å². The normalized spacial score (nSPS) is 10.6. The number of rotatable bonds is 2. The second kappa shape index (κ2) is 3.09. The van der Waals surface area contributed by atoms with E-state index in [1.54, 1.807) is 13.3 Å². The molecule has 0 fully saturated rings. The Balaban J connectivity index is 2.70. The third kappa shape index (κ3) is 1.26. The van der Waals surface area contributed by atoms with Crippen molar-refractivity contribution in [3.05, 3.63) is 30.2 Å². The molecule has 0 N–H and O–H groups in total. The Morgan fingerprint density at radius 1 is 1.54 bits per heavy atom. The van der Waals surface area contributed by atoms with Crippen LogP contribution >= 0.6 is 0 Å². The molecule has 0 atom stereocenters. The molecule has 0 saturated heterocycles. The van der Waals surface area contributed by atoms with Gasteiger partial charge >= 0.3 is 0 Å². The molecule has 3 heteroatoms. The van der Waals surface area contributed by atoms with E-state index in [0.717, 1.165) is 17.8 Å². The summed E-state index contributed by atoms with van der Waals surface area (Å²) >= 11 is 0. The number of pyridine rings is 1. The Morgan fingerprint density at radius 2 is 2.38 bits per heavy atom. The molecule has 0 aliphatic carbocycles. The van der Waals surface area contributed by atoms with Crippen molar-refractivity contribution in [3.63, 3.8) is 0 Å². The van der Waals surface area contributed by atoms with Crippen molar-refractivity contribution in [2.24, 2.45) is 0 Å². The lowest BCUT2D eigenvalue weighted by atomic mass is 10.2. The third-order valence-corrected chi connectivity index (χ3v) is 2.14. The number of methoxy groups -OCH3 is 1. The van der Waals surface area contributed by atoms with Crippen LogP contribution in [0.1, 0.15) is 12.5 Å². The van der Waals surface area contributed by atoms with Gasteiger partial charge in [-0.1, -0.05) is 6.92 Å². The summed E-state index contributed by atoms with van der Waals surface area (Å²) in [5, 5.41) is 0. The lowest BCUT2D eigenvalue weighted by molar-refractivity contribution is 0.416. The summed E-state index contributed by atoms with van der Waals surface area (Å²) in [7, 11) is 1.67.